The molecule has 6 heterocycles. The minimum absolute atomic E-state index is 0.0417. The first-order valence-electron chi connectivity index (χ1n) is 33.9. The normalized spacial score (nSPS) is 17.4. The van der Waals surface area contributed by atoms with E-state index in [4.69, 9.17) is 71.3 Å². The number of carboxylic acids is 3. The van der Waals surface area contributed by atoms with E-state index in [2.05, 4.69) is 128 Å². The van der Waals surface area contributed by atoms with E-state index < -0.39 is 65.5 Å². The molecule has 9 rings (SSSR count). The Morgan fingerprint density at radius 2 is 1.20 bits per heavy atom. The molecule has 1 aliphatic carbocycles. The Labute approximate surface area is 776 Å². The molecule has 0 amide bonds. The number of ketones is 1. The fourth-order valence-electron chi connectivity index (χ4n) is 8.53. The van der Waals surface area contributed by atoms with Gasteiger partial charge in [0.2, 0.25) is 30.7 Å². The maximum atomic E-state index is 11.0. The first kappa shape index (κ1) is 109. The Balaban J connectivity index is 0.000000380. The molecule has 123 heavy (non-hydrogen) atoms. The number of nitriles is 2. The summed E-state index contributed by atoms with van der Waals surface area (Å²) in [6, 6.07) is 4.19. The minimum Gasteiger partial charge on any atom is -0.831 e. The lowest BCUT2D eigenvalue weighted by atomic mass is 9.81. The number of phenolic OH excluding ortho intramolecular Hbond substituents is 2. The van der Waals surface area contributed by atoms with Crippen LogP contribution in [0.25, 0.3) is 0 Å². The number of carbonyl (C=O) groups excluding carboxylic acids is 3. The van der Waals surface area contributed by atoms with Gasteiger partial charge in [-0.05, 0) is 219 Å². The maximum Gasteiger partial charge on any atom is 0.356 e. The van der Waals surface area contributed by atoms with Crippen molar-refractivity contribution in [3.63, 3.8) is 0 Å². The molecule has 0 fully saturated rings. The summed E-state index contributed by atoms with van der Waals surface area (Å²) in [6.45, 7) is 22.2. The second-order valence-electron chi connectivity index (χ2n) is 23.5. The van der Waals surface area contributed by atoms with Gasteiger partial charge in [0.05, 0.1) is 77.7 Å². The molecule has 0 spiro atoms. The first-order valence-corrected chi connectivity index (χ1v) is 49.5. The third kappa shape index (κ3) is 32.8. The number of aromatic hydroxyl groups is 2. The lowest BCUT2D eigenvalue weighted by molar-refractivity contribution is -0.433. The van der Waals surface area contributed by atoms with Crippen molar-refractivity contribution in [3.05, 3.63) is 101 Å². The van der Waals surface area contributed by atoms with Crippen molar-refractivity contribution >= 4 is 297 Å². The number of carboxylic acid groups (broad SMARTS) is 3. The predicted octanol–water partition coefficient (Wildman–Crippen LogP) is 2.65. The summed E-state index contributed by atoms with van der Waals surface area (Å²) < 4.78 is 0.713. The number of hydrazone groups is 2. The summed E-state index contributed by atoms with van der Waals surface area (Å²) in [6.07, 6.45) is 3.19. The molecule has 662 valence electrons. The molecular weight excluding hydrogens is 1930 g/mol. The number of rotatable bonds is 18. The van der Waals surface area contributed by atoms with Crippen LogP contribution in [0.15, 0.2) is 119 Å². The number of aliphatic carboxylic acids is 3. The summed E-state index contributed by atoms with van der Waals surface area (Å²) in [5, 5.41) is 143. The van der Waals surface area contributed by atoms with Crippen molar-refractivity contribution in [2.24, 2.45) is 55.1 Å². The Kier molecular flexibility index (Phi) is 47.5. The number of hydrogen-bond donors (Lipinski definition) is 15. The van der Waals surface area contributed by atoms with Crippen LogP contribution in [0.4, 0.5) is 21.0 Å². The number of fused-ring (bicyclic) bond motifs is 2. The van der Waals surface area contributed by atoms with Crippen LogP contribution in [0.3, 0.4) is 0 Å². The fraction of sp³-hybridized carbons (Fsp3) is 0.373. The van der Waals surface area contributed by atoms with E-state index in [-0.39, 0.29) is 72.9 Å². The topological polar surface area (TPSA) is 611 Å². The van der Waals surface area contributed by atoms with Gasteiger partial charge >= 0.3 is 5.97 Å². The maximum absolute atomic E-state index is 11.0. The summed E-state index contributed by atoms with van der Waals surface area (Å²) in [5.41, 5.74) is 4.44. The monoisotopic (exact) mass is 2000 g/mol. The number of hydrogen-bond acceptors (Lipinski definition) is 50. The van der Waals surface area contributed by atoms with E-state index in [1.807, 2.05) is 45.6 Å². The van der Waals surface area contributed by atoms with E-state index >= 15 is 0 Å². The molecule has 5 aromatic rings. The van der Waals surface area contributed by atoms with Crippen LogP contribution < -0.4 is 99.2 Å². The van der Waals surface area contributed by atoms with Crippen LogP contribution in [0.2, 0.25) is 0 Å². The van der Waals surface area contributed by atoms with Crippen molar-refractivity contribution in [3.8, 4) is 23.6 Å². The zero-order valence-corrected chi connectivity index (χ0v) is 81.5. The SMILES string of the molecule is C=NC([O-])C(O)N=C.CC(=O)C(C)=NNC(C(=O)[O-])=C(NN=C(C)C(=O)[O-])C(=O)O.CC1=C(C)C(O)C2=C(Cc3c(c(O)c4c(c3O)=NC(C)C(C)N=4)N2)C1O.CN=c1nc(N=c2nc(N=C(C)SC)ss2)ss1.CN=c1ssc(NC2SSC(N=C(C)SC)=C2C#N)c1C#N.CNC(=S)NC(=S)NC(=S)NC(=S)NC(C)=S.CSc1c(SC)c(=O)c1=O. The zero-order chi connectivity index (χ0) is 93.1. The second kappa shape index (κ2) is 53.8. The van der Waals surface area contributed by atoms with Crippen LogP contribution in [-0.4, -0.2) is 213 Å². The van der Waals surface area contributed by atoms with Gasteiger partial charge in [0.25, 0.3) is 0 Å². The van der Waals surface area contributed by atoms with Crippen molar-refractivity contribution in [1.29, 1.82) is 10.5 Å². The number of aromatic nitrogens is 2. The van der Waals surface area contributed by atoms with E-state index in [1.165, 1.54) is 114 Å². The molecule has 0 bridgehead atoms. The van der Waals surface area contributed by atoms with Gasteiger partial charge in [-0.25, -0.2) is 14.8 Å². The number of thiocarbonyl (C=S) groups is 5. The molecule has 2 aromatic carbocycles. The van der Waals surface area contributed by atoms with Crippen LogP contribution in [0.5, 0.6) is 11.5 Å². The number of nitrogens with one attached hydrogen (secondary N) is 9. The quantitative estimate of drug-likeness (QED) is 0.00512. The van der Waals surface area contributed by atoms with E-state index in [0.29, 0.717) is 84.4 Å². The van der Waals surface area contributed by atoms with E-state index in [0.717, 1.165) is 43.9 Å². The second-order valence-corrected chi connectivity index (χ2v) is 37.9. The number of Topliss-reactive ketones (excluding diaryl/α,β-unsaturated/α-hetero) is 1. The molecule has 0 saturated heterocycles. The van der Waals surface area contributed by atoms with E-state index in [1.54, 1.807) is 83.4 Å². The van der Waals surface area contributed by atoms with Crippen LogP contribution >= 0.6 is 192 Å². The number of nitrogens with zero attached hydrogens (tertiary/aromatic N) is 15. The van der Waals surface area contributed by atoms with Gasteiger partial charge < -0.3 is 97.8 Å². The van der Waals surface area contributed by atoms with Crippen LogP contribution in [-0.2, 0) is 25.6 Å². The number of aliphatic hydroxyl groups excluding tert-OH is 3. The first-order chi connectivity index (χ1) is 57.9. The standard InChI is InChI=1S/C19H23N3O4.C12H11N5S5.C11H14N4O7.C8H9N5S5.C7H11N5S5.C6H6O2S2.C4H7N2O2/c1-6-7(2)17(24)12-10(16(6)23)5-11-13(22-12)19(26)15-14(18(11)25)20-8(3)9(4)21-15;1-6(18-3)16-10-8(5-14)12(22-20-10)17-11-7(4-13)9(15-2)19-21-11;1-4(6(3)16)12-14-7(10(19)20)8(11(21)22)15-13-5(2)9(17)18;1-4(14-3)10-6-12-8(18-16-6)13-7-11-5(9-2)15-17-7;1-3(13)9-5(15)11-7(17)12-6(16)10-4(14)8-2;1-9-5-3(7)4(8)6(5)10-2;1-5-3(7)4(8)6-2/h8-9,16-17,22-26H,5H2,1-4H3;12,17H,1-3H3;14-15H,1-3H3,(H,17,18)(H,19,20)(H,21,22);1-3H3;1-2H3,(H5,8,9,10,11,12,13,14,15,16,17);1-2H3;3-4,7H,1-2H2/q;;;;;;-1/p-2. The Hall–Kier alpha value is -8.46. The number of thioether (sulfide) groups is 4. The lowest BCUT2D eigenvalue weighted by Gasteiger charge is -2.36. The molecule has 7 unspecified atom stereocenters. The number of benzene rings is 1. The third-order valence-corrected chi connectivity index (χ3v) is 28.2. The Morgan fingerprint density at radius 1 is 0.683 bits per heavy atom. The molecule has 3 aromatic heterocycles. The largest absolute Gasteiger partial charge is 0.831 e. The average Bonchev–Trinajstić information content (AvgIpc) is 1.20. The van der Waals surface area contributed by atoms with Gasteiger partial charge in [-0.3, -0.25) is 50.2 Å². The molecule has 7 atom stereocenters. The summed E-state index contributed by atoms with van der Waals surface area (Å²) in [4.78, 5) is 113. The molecule has 0 radical (unpaired) electrons. The van der Waals surface area contributed by atoms with Crippen LogP contribution in [0.1, 0.15) is 80.4 Å². The molecule has 56 heteroatoms. The van der Waals surface area contributed by atoms with Crippen molar-refractivity contribution in [2.75, 3.05) is 56.8 Å². The smallest absolute Gasteiger partial charge is 0.356 e. The number of aliphatic hydroxyl groups is 3. The molecule has 39 nitrogen and oxygen atoms in total. The molecule has 15 N–H and O–H groups in total. The van der Waals surface area contributed by atoms with Gasteiger partial charge in [-0.2, -0.15) is 35.7 Å². The highest BCUT2D eigenvalue weighted by molar-refractivity contribution is 8.78. The number of phenols is 2. The van der Waals surface area contributed by atoms with Gasteiger partial charge in [-0.1, -0.05) is 43.7 Å². The number of aliphatic imine (C=N–C) groups is 4. The number of carbonyl (C=O) groups is 4. The van der Waals surface area contributed by atoms with Gasteiger partial charge in [0.15, 0.2) is 43.9 Å². The summed E-state index contributed by atoms with van der Waals surface area (Å²) in [5.74, 6) is -6.05. The molecular formula is C67H79N24O15S17-3. The fourth-order valence-corrected chi connectivity index (χ4v) is 20.0. The van der Waals surface area contributed by atoms with Crippen molar-refractivity contribution < 1.29 is 65.1 Å². The third-order valence-electron chi connectivity index (χ3n) is 15.4. The highest BCUT2D eigenvalue weighted by atomic mass is 33.1. The highest BCUT2D eigenvalue weighted by Crippen LogP contribution is 2.48. The van der Waals surface area contributed by atoms with Crippen molar-refractivity contribution in [2.45, 2.75) is 128 Å². The van der Waals surface area contributed by atoms with Gasteiger partial charge in [-0.15, -0.1) is 47.0 Å². The van der Waals surface area contributed by atoms with E-state index in [9.17, 15) is 75.0 Å². The highest BCUT2D eigenvalue weighted by Gasteiger charge is 2.38. The predicted molar refractivity (Wildman–Crippen MR) is 511 cm³/mol. The van der Waals surface area contributed by atoms with Gasteiger partial charge in [0.1, 0.15) is 71.8 Å². The molecule has 0 saturated carbocycles. The number of anilines is 2. The lowest BCUT2D eigenvalue weighted by Crippen LogP contribution is -2.51. The minimum atomic E-state index is -1.97. The molecule has 3 aliphatic heterocycles. The van der Waals surface area contributed by atoms with Crippen molar-refractivity contribution in [1.82, 2.24) is 47.4 Å². The average molecular weight is 2010 g/mol. The summed E-state index contributed by atoms with van der Waals surface area (Å²) >= 11 is 30.4. The Morgan fingerprint density at radius 3 is 1.67 bits per heavy atom. The van der Waals surface area contributed by atoms with Gasteiger partial charge in [0, 0.05) is 46.3 Å². The zero-order valence-electron chi connectivity index (χ0n) is 67.7. The summed E-state index contributed by atoms with van der Waals surface area (Å²) in [7, 11) is 17.0. The Bertz CT molecular complexity index is 5480. The molecule has 4 aliphatic rings. The van der Waals surface area contributed by atoms with Crippen LogP contribution in [0, 0.1) is 22.7 Å².